The molecule has 33 heavy (non-hydrogen) atoms. The molecule has 0 spiro atoms. The molecule has 0 bridgehead atoms. The van der Waals surface area contributed by atoms with Crippen molar-refractivity contribution in [1.82, 2.24) is 20.7 Å². The van der Waals surface area contributed by atoms with Crippen molar-refractivity contribution in [1.29, 1.82) is 0 Å². The number of benzene rings is 2. The lowest BCUT2D eigenvalue weighted by Gasteiger charge is -2.26. The smallest absolute Gasteiger partial charge is 0.330 e. The first-order valence-corrected chi connectivity index (χ1v) is 10.3. The normalized spacial score (nSPS) is 13.3. The Kier molecular flexibility index (Phi) is 6.79. The number of nitrogens with zero attached hydrogens (tertiary/aromatic N) is 2. The van der Waals surface area contributed by atoms with Gasteiger partial charge in [0.05, 0.1) is 12.7 Å². The van der Waals surface area contributed by atoms with Crippen LogP contribution in [0.5, 0.6) is 11.5 Å². The molecular weight excluding hydrogens is 424 g/mol. The quantitative estimate of drug-likeness (QED) is 0.511. The Bertz CT molecular complexity index is 1140. The second-order valence-corrected chi connectivity index (χ2v) is 7.22. The minimum atomic E-state index is -0.835. The van der Waals surface area contributed by atoms with Crippen LogP contribution >= 0.6 is 0 Å². The molecule has 1 saturated heterocycles. The van der Waals surface area contributed by atoms with E-state index in [9.17, 15) is 14.4 Å². The van der Waals surface area contributed by atoms with E-state index in [2.05, 4.69) is 15.7 Å². The van der Waals surface area contributed by atoms with Crippen molar-refractivity contribution in [3.63, 3.8) is 0 Å². The summed E-state index contributed by atoms with van der Waals surface area (Å²) in [6.45, 7) is 0.966. The van der Waals surface area contributed by atoms with Crippen molar-refractivity contribution in [2.75, 3.05) is 13.1 Å². The van der Waals surface area contributed by atoms with E-state index in [4.69, 9.17) is 9.47 Å². The van der Waals surface area contributed by atoms with Crippen molar-refractivity contribution in [3.05, 3.63) is 89.7 Å². The maximum absolute atomic E-state index is 12.7. The predicted molar refractivity (Wildman–Crippen MR) is 118 cm³/mol. The van der Waals surface area contributed by atoms with Crippen LogP contribution in [0.25, 0.3) is 0 Å². The number of nitrogens with one attached hydrogen (secondary N) is 2. The summed E-state index contributed by atoms with van der Waals surface area (Å²) in [6, 6.07) is 20.6. The van der Waals surface area contributed by atoms with Gasteiger partial charge < -0.3 is 14.8 Å². The number of carbonyl (C=O) groups excluding carboxylic acids is 3. The first-order chi connectivity index (χ1) is 16.1. The summed E-state index contributed by atoms with van der Waals surface area (Å²) in [5, 5.41) is 3.38. The van der Waals surface area contributed by atoms with Crippen LogP contribution in [0, 0.1) is 0 Å². The van der Waals surface area contributed by atoms with Crippen molar-refractivity contribution in [2.24, 2.45) is 0 Å². The Morgan fingerprint density at radius 3 is 2.18 bits per heavy atom. The number of hydrogen-bond donors (Lipinski definition) is 2. The van der Waals surface area contributed by atoms with Gasteiger partial charge in [0.2, 0.25) is 0 Å². The standard InChI is InChI=1S/C24H22N4O5/c29-22(27-28-12-11-25-23(30)24(28)31)19-13-20(32-15-17-7-3-1-4-8-17)21(14-26-19)33-16-18-9-5-2-6-10-18/h1-10,13-14H,11-12,15-16H2,(H,25,30)(H,27,29). The molecule has 9 heteroatoms. The topological polar surface area (TPSA) is 110 Å². The Morgan fingerprint density at radius 1 is 0.939 bits per heavy atom. The molecule has 4 rings (SSSR count). The highest BCUT2D eigenvalue weighted by molar-refractivity contribution is 6.35. The number of pyridine rings is 1. The van der Waals surface area contributed by atoms with Gasteiger partial charge in [0.15, 0.2) is 11.5 Å². The van der Waals surface area contributed by atoms with E-state index in [1.807, 2.05) is 60.7 Å². The fraction of sp³-hybridized carbons (Fsp3) is 0.167. The van der Waals surface area contributed by atoms with Gasteiger partial charge in [-0.05, 0) is 11.1 Å². The predicted octanol–water partition coefficient (Wildman–Crippen LogP) is 1.84. The van der Waals surface area contributed by atoms with Crippen LogP contribution in [0.4, 0.5) is 0 Å². The largest absolute Gasteiger partial charge is 0.485 e. The summed E-state index contributed by atoms with van der Waals surface area (Å²) < 4.78 is 11.8. The highest BCUT2D eigenvalue weighted by Gasteiger charge is 2.28. The van der Waals surface area contributed by atoms with Crippen LogP contribution in [-0.4, -0.2) is 40.8 Å². The number of hydrazine groups is 1. The molecule has 0 aliphatic carbocycles. The molecular formula is C24H22N4O5. The van der Waals surface area contributed by atoms with Crippen LogP contribution < -0.4 is 20.2 Å². The number of amides is 3. The fourth-order valence-electron chi connectivity index (χ4n) is 3.11. The average Bonchev–Trinajstić information content (AvgIpc) is 2.85. The van der Waals surface area contributed by atoms with Crippen molar-refractivity contribution < 1.29 is 23.9 Å². The maximum Gasteiger partial charge on any atom is 0.330 e. The average molecular weight is 446 g/mol. The number of ether oxygens (including phenoxy) is 2. The van der Waals surface area contributed by atoms with E-state index in [1.165, 1.54) is 12.3 Å². The van der Waals surface area contributed by atoms with Crippen molar-refractivity contribution >= 4 is 17.7 Å². The molecule has 3 amide bonds. The lowest BCUT2D eigenvalue weighted by atomic mass is 10.2. The van der Waals surface area contributed by atoms with Gasteiger partial charge in [-0.25, -0.2) is 9.99 Å². The second-order valence-electron chi connectivity index (χ2n) is 7.22. The van der Waals surface area contributed by atoms with Gasteiger partial charge in [-0.1, -0.05) is 60.7 Å². The zero-order valence-electron chi connectivity index (χ0n) is 17.7. The number of rotatable bonds is 8. The van der Waals surface area contributed by atoms with Crippen molar-refractivity contribution in [3.8, 4) is 11.5 Å². The lowest BCUT2D eigenvalue weighted by molar-refractivity contribution is -0.149. The number of aromatic nitrogens is 1. The fourth-order valence-corrected chi connectivity index (χ4v) is 3.11. The molecule has 2 heterocycles. The Labute approximate surface area is 190 Å². The van der Waals surface area contributed by atoms with E-state index in [1.54, 1.807) is 0 Å². The molecule has 2 aromatic carbocycles. The summed E-state index contributed by atoms with van der Waals surface area (Å²) >= 11 is 0. The number of piperazine rings is 1. The first-order valence-electron chi connectivity index (χ1n) is 10.3. The van der Waals surface area contributed by atoms with Gasteiger partial charge in [-0.3, -0.25) is 19.8 Å². The zero-order chi connectivity index (χ0) is 23.0. The number of carbonyl (C=O) groups is 3. The Balaban J connectivity index is 1.51. The van der Waals surface area contributed by atoms with Crippen LogP contribution in [-0.2, 0) is 22.8 Å². The molecule has 1 aliphatic rings. The summed E-state index contributed by atoms with van der Waals surface area (Å²) in [6.07, 6.45) is 1.41. The highest BCUT2D eigenvalue weighted by Crippen LogP contribution is 2.29. The first kappa shape index (κ1) is 21.8. The lowest BCUT2D eigenvalue weighted by Crippen LogP contribution is -2.58. The van der Waals surface area contributed by atoms with Gasteiger partial charge >= 0.3 is 11.8 Å². The molecule has 0 radical (unpaired) electrons. The van der Waals surface area contributed by atoms with E-state index in [-0.39, 0.29) is 25.4 Å². The van der Waals surface area contributed by atoms with Crippen LogP contribution in [0.1, 0.15) is 21.6 Å². The molecule has 1 aromatic heterocycles. The van der Waals surface area contributed by atoms with Gasteiger partial charge in [0, 0.05) is 12.6 Å². The molecule has 1 aliphatic heterocycles. The van der Waals surface area contributed by atoms with Crippen LogP contribution in [0.15, 0.2) is 72.9 Å². The summed E-state index contributed by atoms with van der Waals surface area (Å²) in [5.74, 6) is -1.54. The molecule has 0 unspecified atom stereocenters. The molecule has 9 nitrogen and oxygen atoms in total. The zero-order valence-corrected chi connectivity index (χ0v) is 17.7. The number of hydrogen-bond acceptors (Lipinski definition) is 6. The molecule has 168 valence electrons. The highest BCUT2D eigenvalue weighted by atomic mass is 16.5. The summed E-state index contributed by atoms with van der Waals surface area (Å²) in [4.78, 5) is 40.3. The Morgan fingerprint density at radius 2 is 1.55 bits per heavy atom. The van der Waals surface area contributed by atoms with Crippen LogP contribution in [0.2, 0.25) is 0 Å². The van der Waals surface area contributed by atoms with Gasteiger partial charge in [0.1, 0.15) is 18.9 Å². The SMILES string of the molecule is O=C1NCCN(NC(=O)c2cc(OCc3ccccc3)c(OCc3ccccc3)cn2)C1=O. The second kappa shape index (κ2) is 10.3. The van der Waals surface area contributed by atoms with Crippen molar-refractivity contribution in [2.45, 2.75) is 13.2 Å². The monoisotopic (exact) mass is 446 g/mol. The molecule has 0 atom stereocenters. The van der Waals surface area contributed by atoms with Gasteiger partial charge in [-0.15, -0.1) is 0 Å². The van der Waals surface area contributed by atoms with Crippen LogP contribution in [0.3, 0.4) is 0 Å². The van der Waals surface area contributed by atoms with Gasteiger partial charge in [0.25, 0.3) is 5.91 Å². The van der Waals surface area contributed by atoms with E-state index in [0.717, 1.165) is 16.1 Å². The van der Waals surface area contributed by atoms with E-state index in [0.29, 0.717) is 18.1 Å². The molecule has 2 N–H and O–H groups in total. The molecule has 0 saturated carbocycles. The van der Waals surface area contributed by atoms with E-state index < -0.39 is 17.7 Å². The van der Waals surface area contributed by atoms with Gasteiger partial charge in [-0.2, -0.15) is 0 Å². The third-order valence-electron chi connectivity index (χ3n) is 4.84. The third-order valence-corrected chi connectivity index (χ3v) is 4.84. The Hall–Kier alpha value is -4.40. The minimum Gasteiger partial charge on any atom is -0.485 e. The summed E-state index contributed by atoms with van der Waals surface area (Å²) in [5.41, 5.74) is 4.35. The third kappa shape index (κ3) is 5.65. The minimum absolute atomic E-state index is 0.0175. The summed E-state index contributed by atoms with van der Waals surface area (Å²) in [7, 11) is 0. The maximum atomic E-state index is 12.7. The van der Waals surface area contributed by atoms with E-state index >= 15 is 0 Å². The molecule has 3 aromatic rings. The molecule has 1 fully saturated rings.